The van der Waals surface area contributed by atoms with E-state index in [-0.39, 0.29) is 6.61 Å². The van der Waals surface area contributed by atoms with Gasteiger partial charge in [0.15, 0.2) is 6.61 Å². The van der Waals surface area contributed by atoms with Crippen molar-refractivity contribution >= 4 is 5.97 Å². The fraction of sp³-hybridized carbons (Fsp3) is 0.200. The van der Waals surface area contributed by atoms with Gasteiger partial charge in [-0.05, 0) is 23.8 Å². The summed E-state index contributed by atoms with van der Waals surface area (Å²) in [5.74, 6) is -0.387. The topological polar surface area (TPSA) is 71.5 Å². The maximum atomic E-state index is 10.5. The highest BCUT2D eigenvalue weighted by Crippen LogP contribution is 2.17. The van der Waals surface area contributed by atoms with Crippen LogP contribution in [0.2, 0.25) is 0 Å². The molecule has 5 heteroatoms. The summed E-state index contributed by atoms with van der Waals surface area (Å²) in [5, 5.41) is 11.9. The molecule has 0 saturated carbocycles. The number of rotatable bonds is 7. The molecular formula is C15H16N2O3. The van der Waals surface area contributed by atoms with Crippen LogP contribution in [-0.2, 0) is 17.9 Å². The predicted molar refractivity (Wildman–Crippen MR) is 74.4 cm³/mol. The molecule has 0 aliphatic carbocycles. The molecule has 0 saturated heterocycles. The van der Waals surface area contributed by atoms with Gasteiger partial charge >= 0.3 is 5.97 Å². The molecule has 2 aromatic rings. The number of benzene rings is 1. The number of ether oxygens (including phenoxy) is 1. The fourth-order valence-corrected chi connectivity index (χ4v) is 1.77. The highest BCUT2D eigenvalue weighted by molar-refractivity contribution is 5.68. The molecule has 0 atom stereocenters. The van der Waals surface area contributed by atoms with E-state index < -0.39 is 5.97 Å². The van der Waals surface area contributed by atoms with Crippen molar-refractivity contribution in [2.75, 3.05) is 6.61 Å². The Morgan fingerprint density at radius 1 is 1.15 bits per heavy atom. The van der Waals surface area contributed by atoms with E-state index >= 15 is 0 Å². The van der Waals surface area contributed by atoms with Crippen LogP contribution in [0, 0.1) is 0 Å². The van der Waals surface area contributed by atoms with Crippen LogP contribution in [-0.4, -0.2) is 22.7 Å². The van der Waals surface area contributed by atoms with Crippen molar-refractivity contribution in [3.8, 4) is 5.75 Å². The van der Waals surface area contributed by atoms with Gasteiger partial charge in [0.25, 0.3) is 0 Å². The Morgan fingerprint density at radius 3 is 2.65 bits per heavy atom. The molecule has 0 unspecified atom stereocenters. The molecule has 0 amide bonds. The lowest BCUT2D eigenvalue weighted by Crippen LogP contribution is -2.15. The monoisotopic (exact) mass is 272 g/mol. The van der Waals surface area contributed by atoms with Crippen LogP contribution in [0.5, 0.6) is 5.75 Å². The third-order valence-electron chi connectivity index (χ3n) is 2.72. The number of nitrogens with zero attached hydrogens (tertiary/aromatic N) is 1. The van der Waals surface area contributed by atoms with Gasteiger partial charge in [-0.25, -0.2) is 4.79 Å². The zero-order valence-electron chi connectivity index (χ0n) is 11.0. The maximum absolute atomic E-state index is 10.5. The van der Waals surface area contributed by atoms with Crippen LogP contribution >= 0.6 is 0 Å². The van der Waals surface area contributed by atoms with Gasteiger partial charge in [0.05, 0.1) is 0 Å². The molecule has 2 rings (SSSR count). The minimum atomic E-state index is -0.982. The van der Waals surface area contributed by atoms with E-state index in [1.165, 1.54) is 0 Å². The lowest BCUT2D eigenvalue weighted by atomic mass is 10.2. The Balaban J connectivity index is 1.90. The van der Waals surface area contributed by atoms with Crippen LogP contribution in [0.4, 0.5) is 0 Å². The molecule has 1 aromatic heterocycles. The van der Waals surface area contributed by atoms with Crippen molar-refractivity contribution in [2.24, 2.45) is 0 Å². The second-order valence-electron chi connectivity index (χ2n) is 4.25. The first-order valence-corrected chi connectivity index (χ1v) is 6.28. The molecule has 20 heavy (non-hydrogen) atoms. The van der Waals surface area contributed by atoms with Crippen molar-refractivity contribution in [3.05, 3.63) is 59.9 Å². The van der Waals surface area contributed by atoms with Crippen LogP contribution in [0.1, 0.15) is 11.1 Å². The van der Waals surface area contributed by atoms with Gasteiger partial charge in [0, 0.05) is 31.0 Å². The fourth-order valence-electron chi connectivity index (χ4n) is 1.77. The molecular weight excluding hydrogens is 256 g/mol. The van der Waals surface area contributed by atoms with Crippen LogP contribution in [0.3, 0.4) is 0 Å². The Bertz CT molecular complexity index is 558. The number of para-hydroxylation sites is 1. The predicted octanol–water partition coefficient (Wildman–Crippen LogP) is 1.83. The third kappa shape index (κ3) is 4.37. The van der Waals surface area contributed by atoms with Crippen molar-refractivity contribution in [3.63, 3.8) is 0 Å². The average molecular weight is 272 g/mol. The maximum Gasteiger partial charge on any atom is 0.341 e. The second kappa shape index (κ2) is 7.25. The molecule has 0 fully saturated rings. The minimum Gasteiger partial charge on any atom is -0.482 e. The van der Waals surface area contributed by atoms with Gasteiger partial charge < -0.3 is 15.2 Å². The Morgan fingerprint density at radius 2 is 1.90 bits per heavy atom. The summed E-state index contributed by atoms with van der Waals surface area (Å²) in [4.78, 5) is 14.5. The standard InChI is InChI=1S/C15H16N2O3/c18-15(19)11-20-14-4-2-1-3-13(14)10-17-9-12-5-7-16-8-6-12/h1-8,17H,9-11H2,(H,18,19). The zero-order chi connectivity index (χ0) is 14.2. The number of hydrogen-bond donors (Lipinski definition) is 2. The molecule has 0 bridgehead atoms. The summed E-state index contributed by atoms with van der Waals surface area (Å²) in [6.07, 6.45) is 3.50. The third-order valence-corrected chi connectivity index (χ3v) is 2.72. The number of nitrogens with one attached hydrogen (secondary N) is 1. The number of carboxylic acids is 1. The molecule has 104 valence electrons. The van der Waals surface area contributed by atoms with Crippen molar-refractivity contribution in [1.29, 1.82) is 0 Å². The van der Waals surface area contributed by atoms with Crippen molar-refractivity contribution < 1.29 is 14.6 Å². The molecule has 0 spiro atoms. The first-order valence-electron chi connectivity index (χ1n) is 6.28. The lowest BCUT2D eigenvalue weighted by Gasteiger charge is -2.10. The quantitative estimate of drug-likeness (QED) is 0.804. The van der Waals surface area contributed by atoms with Gasteiger partial charge in [-0.2, -0.15) is 0 Å². The summed E-state index contributed by atoms with van der Waals surface area (Å²) in [6, 6.07) is 11.3. The smallest absolute Gasteiger partial charge is 0.341 e. The molecule has 1 aromatic carbocycles. The first-order chi connectivity index (χ1) is 9.75. The normalized spacial score (nSPS) is 10.2. The number of carbonyl (C=O) groups is 1. The summed E-state index contributed by atoms with van der Waals surface area (Å²) in [6.45, 7) is 0.995. The minimum absolute atomic E-state index is 0.332. The number of aromatic nitrogens is 1. The number of carboxylic acid groups (broad SMARTS) is 1. The lowest BCUT2D eigenvalue weighted by molar-refractivity contribution is -0.139. The van der Waals surface area contributed by atoms with Crippen molar-refractivity contribution in [1.82, 2.24) is 10.3 Å². The molecule has 1 heterocycles. The van der Waals surface area contributed by atoms with E-state index in [1.54, 1.807) is 18.5 Å². The second-order valence-corrected chi connectivity index (χ2v) is 4.25. The van der Waals surface area contributed by atoms with E-state index in [0.717, 1.165) is 17.7 Å². The van der Waals surface area contributed by atoms with E-state index in [1.807, 2.05) is 30.3 Å². The SMILES string of the molecule is O=C(O)COc1ccccc1CNCc1ccncc1. The Kier molecular flexibility index (Phi) is 5.08. The summed E-state index contributed by atoms with van der Waals surface area (Å²) < 4.78 is 5.25. The van der Waals surface area contributed by atoms with Crippen LogP contribution < -0.4 is 10.1 Å². The summed E-state index contributed by atoms with van der Waals surface area (Å²) in [5.41, 5.74) is 2.08. The molecule has 2 N–H and O–H groups in total. The number of pyridine rings is 1. The van der Waals surface area contributed by atoms with Crippen LogP contribution in [0.25, 0.3) is 0 Å². The Hall–Kier alpha value is -2.40. The average Bonchev–Trinajstić information content (AvgIpc) is 2.47. The number of hydrogen-bond acceptors (Lipinski definition) is 4. The van der Waals surface area contributed by atoms with Gasteiger partial charge in [-0.3, -0.25) is 4.98 Å². The zero-order valence-corrected chi connectivity index (χ0v) is 11.0. The van der Waals surface area contributed by atoms with Gasteiger partial charge in [-0.15, -0.1) is 0 Å². The van der Waals surface area contributed by atoms with E-state index in [2.05, 4.69) is 10.3 Å². The van der Waals surface area contributed by atoms with E-state index in [9.17, 15) is 4.79 Å². The molecule has 0 radical (unpaired) electrons. The Labute approximate surface area is 117 Å². The molecule has 0 aliphatic heterocycles. The van der Waals surface area contributed by atoms with Gasteiger partial charge in [-0.1, -0.05) is 18.2 Å². The highest BCUT2D eigenvalue weighted by atomic mass is 16.5. The van der Waals surface area contributed by atoms with E-state index in [0.29, 0.717) is 12.3 Å². The highest BCUT2D eigenvalue weighted by Gasteiger charge is 2.05. The van der Waals surface area contributed by atoms with Crippen LogP contribution in [0.15, 0.2) is 48.8 Å². The number of aliphatic carboxylic acids is 1. The first kappa shape index (κ1) is 14.0. The van der Waals surface area contributed by atoms with Crippen molar-refractivity contribution in [2.45, 2.75) is 13.1 Å². The van der Waals surface area contributed by atoms with Gasteiger partial charge in [0.2, 0.25) is 0 Å². The summed E-state index contributed by atoms with van der Waals surface area (Å²) >= 11 is 0. The largest absolute Gasteiger partial charge is 0.482 e. The van der Waals surface area contributed by atoms with Gasteiger partial charge in [0.1, 0.15) is 5.75 Å². The summed E-state index contributed by atoms with van der Waals surface area (Å²) in [7, 11) is 0. The molecule has 5 nitrogen and oxygen atoms in total. The molecule has 0 aliphatic rings. The van der Waals surface area contributed by atoms with E-state index in [4.69, 9.17) is 9.84 Å².